The number of rotatable bonds is 5. The maximum absolute atomic E-state index is 13.9. The van der Waals surface area contributed by atoms with Crippen molar-refractivity contribution in [3.8, 4) is 5.75 Å². The van der Waals surface area contributed by atoms with Gasteiger partial charge in [0.15, 0.2) is 0 Å². The van der Waals surface area contributed by atoms with Gasteiger partial charge in [-0.1, -0.05) is 0 Å². The van der Waals surface area contributed by atoms with Gasteiger partial charge in [0.2, 0.25) is 0 Å². The van der Waals surface area contributed by atoms with E-state index in [0.717, 1.165) is 17.6 Å². The molecule has 8 heteroatoms. The van der Waals surface area contributed by atoms with Crippen LogP contribution in [-0.4, -0.2) is 23.2 Å². The Balaban J connectivity index is 1.96. The first-order valence-corrected chi connectivity index (χ1v) is 8.66. The van der Waals surface area contributed by atoms with Crippen LogP contribution in [0.4, 0.5) is 19.3 Å². The first-order valence-electron chi connectivity index (χ1n) is 8.66. The van der Waals surface area contributed by atoms with Crippen LogP contribution in [0.3, 0.4) is 0 Å². The summed E-state index contributed by atoms with van der Waals surface area (Å²) in [6, 6.07) is 7.73. The minimum Gasteiger partial charge on any atom is -0.434 e. The van der Waals surface area contributed by atoms with Gasteiger partial charge in [0.1, 0.15) is 17.4 Å². The number of nitrogens with zero attached hydrogens (tertiary/aromatic N) is 1. The zero-order valence-corrected chi connectivity index (χ0v) is 15.3. The molecule has 1 amide bonds. The van der Waals surface area contributed by atoms with Crippen molar-refractivity contribution >= 4 is 28.7 Å². The highest BCUT2D eigenvalue weighted by Gasteiger charge is 2.18. The molecule has 0 radical (unpaired) electrons. The molecule has 1 heterocycles. The summed E-state index contributed by atoms with van der Waals surface area (Å²) in [5.74, 6) is -1.98. The van der Waals surface area contributed by atoms with Gasteiger partial charge in [-0.3, -0.25) is 4.79 Å². The third kappa shape index (κ3) is 3.95. The Morgan fingerprint density at radius 2 is 1.89 bits per heavy atom. The normalized spacial score (nSPS) is 10.7. The van der Waals surface area contributed by atoms with Gasteiger partial charge >= 0.3 is 6.16 Å². The lowest BCUT2D eigenvalue weighted by Crippen LogP contribution is -2.13. The lowest BCUT2D eigenvalue weighted by Gasteiger charge is -2.07. The van der Waals surface area contributed by atoms with Crippen molar-refractivity contribution < 1.29 is 27.8 Å². The highest BCUT2D eigenvalue weighted by molar-refractivity contribution is 6.13. The Labute approximate surface area is 159 Å². The molecule has 0 aliphatic heterocycles. The summed E-state index contributed by atoms with van der Waals surface area (Å²) < 4.78 is 38.6. The van der Waals surface area contributed by atoms with Crippen LogP contribution in [0.5, 0.6) is 5.75 Å². The van der Waals surface area contributed by atoms with E-state index in [4.69, 9.17) is 9.47 Å². The van der Waals surface area contributed by atoms with Crippen LogP contribution in [0.25, 0.3) is 10.9 Å². The third-order valence-electron chi connectivity index (χ3n) is 4.08. The molecule has 0 saturated heterocycles. The van der Waals surface area contributed by atoms with E-state index < -0.39 is 23.7 Å². The van der Waals surface area contributed by atoms with Gasteiger partial charge in [-0.25, -0.2) is 13.6 Å². The molecule has 0 saturated carbocycles. The number of fused-ring (bicyclic) bond motifs is 1. The number of carbonyl (C=O) groups is 2. The van der Waals surface area contributed by atoms with Crippen LogP contribution in [0.1, 0.15) is 24.2 Å². The molecule has 3 aromatic rings. The van der Waals surface area contributed by atoms with Crippen molar-refractivity contribution in [2.24, 2.45) is 0 Å². The zero-order valence-electron chi connectivity index (χ0n) is 15.3. The lowest BCUT2D eigenvalue weighted by atomic mass is 10.1. The van der Waals surface area contributed by atoms with Gasteiger partial charge in [0.25, 0.3) is 5.91 Å². The molecule has 1 aromatic heterocycles. The van der Waals surface area contributed by atoms with Crippen molar-refractivity contribution in [3.63, 3.8) is 0 Å². The molecule has 28 heavy (non-hydrogen) atoms. The van der Waals surface area contributed by atoms with Crippen molar-refractivity contribution in [1.82, 2.24) is 4.57 Å². The Hall–Kier alpha value is -3.42. The van der Waals surface area contributed by atoms with Crippen molar-refractivity contribution in [2.75, 3.05) is 11.9 Å². The molecule has 146 valence electrons. The monoisotopic (exact) mass is 388 g/mol. The topological polar surface area (TPSA) is 69.6 Å². The van der Waals surface area contributed by atoms with Crippen molar-refractivity contribution in [3.05, 3.63) is 59.8 Å². The number of anilines is 1. The quantitative estimate of drug-likeness (QED) is 0.507. The van der Waals surface area contributed by atoms with Gasteiger partial charge < -0.3 is 19.4 Å². The first kappa shape index (κ1) is 19.3. The second-order valence-electron chi connectivity index (χ2n) is 5.87. The van der Waals surface area contributed by atoms with Crippen molar-refractivity contribution in [1.29, 1.82) is 0 Å². The SMILES string of the molecule is CCOC(=O)Oc1ccc2c(c1)c(C(=O)Nc1ccc(F)cc1F)cn2CC. The lowest BCUT2D eigenvalue weighted by molar-refractivity contribution is 0.102. The Morgan fingerprint density at radius 3 is 2.57 bits per heavy atom. The summed E-state index contributed by atoms with van der Waals surface area (Å²) in [6.07, 6.45) is 0.770. The fourth-order valence-electron chi connectivity index (χ4n) is 2.81. The standard InChI is InChI=1S/C20H18F2N2O4/c1-3-24-11-15(19(25)23-17-7-5-12(21)9-16(17)22)14-10-13(6-8-18(14)24)28-20(26)27-4-2/h5-11H,3-4H2,1-2H3,(H,23,25). The Kier molecular flexibility index (Phi) is 5.58. The van der Waals surface area contributed by atoms with Crippen LogP contribution < -0.4 is 10.1 Å². The fraction of sp³-hybridized carbons (Fsp3) is 0.200. The summed E-state index contributed by atoms with van der Waals surface area (Å²) in [5, 5.41) is 2.95. The number of carbonyl (C=O) groups excluding carboxylic acids is 2. The number of hydrogen-bond acceptors (Lipinski definition) is 4. The highest BCUT2D eigenvalue weighted by Crippen LogP contribution is 2.27. The molecular weight excluding hydrogens is 370 g/mol. The molecule has 0 atom stereocenters. The Morgan fingerprint density at radius 1 is 1.11 bits per heavy atom. The fourth-order valence-corrected chi connectivity index (χ4v) is 2.81. The van der Waals surface area contributed by atoms with E-state index in [9.17, 15) is 18.4 Å². The second kappa shape index (κ2) is 8.08. The summed E-state index contributed by atoms with van der Waals surface area (Å²) >= 11 is 0. The van der Waals surface area contributed by atoms with Crippen LogP contribution in [0, 0.1) is 11.6 Å². The number of halogens is 2. The minimum atomic E-state index is -0.876. The number of nitrogens with one attached hydrogen (secondary N) is 1. The average molecular weight is 388 g/mol. The van der Waals surface area contributed by atoms with Gasteiger partial charge in [0.05, 0.1) is 17.9 Å². The first-order chi connectivity index (χ1) is 13.4. The smallest absolute Gasteiger partial charge is 0.434 e. The number of hydrogen-bond donors (Lipinski definition) is 1. The molecule has 0 bridgehead atoms. The van der Waals surface area contributed by atoms with Gasteiger partial charge in [-0.2, -0.15) is 0 Å². The van der Waals surface area contributed by atoms with E-state index in [1.165, 1.54) is 6.07 Å². The molecule has 0 spiro atoms. The highest BCUT2D eigenvalue weighted by atomic mass is 19.1. The minimum absolute atomic E-state index is 0.136. The summed E-state index contributed by atoms with van der Waals surface area (Å²) in [6.45, 7) is 4.32. The number of benzene rings is 2. The third-order valence-corrected chi connectivity index (χ3v) is 4.08. The molecular formula is C20H18F2N2O4. The van der Waals surface area contributed by atoms with Gasteiger partial charge in [-0.15, -0.1) is 0 Å². The van der Waals surface area contributed by atoms with E-state index in [0.29, 0.717) is 18.0 Å². The maximum atomic E-state index is 13.9. The predicted molar refractivity (Wildman–Crippen MR) is 99.6 cm³/mol. The maximum Gasteiger partial charge on any atom is 0.513 e. The number of ether oxygens (including phenoxy) is 2. The Bertz CT molecular complexity index is 1050. The second-order valence-corrected chi connectivity index (χ2v) is 5.87. The van der Waals surface area contributed by atoms with Crippen molar-refractivity contribution in [2.45, 2.75) is 20.4 Å². The number of amides is 1. The predicted octanol–water partition coefficient (Wildman–Crippen LogP) is 4.73. The molecule has 0 unspecified atom stereocenters. The molecule has 0 fully saturated rings. The average Bonchev–Trinajstić information content (AvgIpc) is 3.02. The largest absolute Gasteiger partial charge is 0.513 e. The number of aromatic nitrogens is 1. The summed E-state index contributed by atoms with van der Waals surface area (Å²) in [7, 11) is 0. The summed E-state index contributed by atoms with van der Waals surface area (Å²) in [4.78, 5) is 24.2. The van der Waals surface area contributed by atoms with Crippen LogP contribution in [0.15, 0.2) is 42.6 Å². The van der Waals surface area contributed by atoms with E-state index in [-0.39, 0.29) is 23.6 Å². The molecule has 0 aliphatic carbocycles. The van der Waals surface area contributed by atoms with E-state index in [1.807, 2.05) is 11.5 Å². The molecule has 2 aromatic carbocycles. The molecule has 1 N–H and O–H groups in total. The van der Waals surface area contributed by atoms with E-state index >= 15 is 0 Å². The van der Waals surface area contributed by atoms with Crippen LogP contribution >= 0.6 is 0 Å². The van der Waals surface area contributed by atoms with Crippen LogP contribution in [-0.2, 0) is 11.3 Å². The summed E-state index contributed by atoms with van der Waals surface area (Å²) in [5.41, 5.74) is 0.862. The molecule has 6 nitrogen and oxygen atoms in total. The molecule has 3 rings (SSSR count). The van der Waals surface area contributed by atoms with Gasteiger partial charge in [0, 0.05) is 29.7 Å². The zero-order chi connectivity index (χ0) is 20.3. The molecule has 0 aliphatic rings. The van der Waals surface area contributed by atoms with Gasteiger partial charge in [-0.05, 0) is 44.2 Å². The van der Waals surface area contributed by atoms with Crippen LogP contribution in [0.2, 0.25) is 0 Å². The van der Waals surface area contributed by atoms with E-state index in [2.05, 4.69) is 5.32 Å². The number of aryl methyl sites for hydroxylation is 1. The van der Waals surface area contributed by atoms with E-state index in [1.54, 1.807) is 25.3 Å².